The van der Waals surface area contributed by atoms with Gasteiger partial charge in [0.15, 0.2) is 0 Å². The fraction of sp³-hybridized carbons (Fsp3) is 0.350. The fourth-order valence-electron chi connectivity index (χ4n) is 2.76. The molecule has 0 aliphatic carbocycles. The summed E-state index contributed by atoms with van der Waals surface area (Å²) in [7, 11) is 0. The van der Waals surface area contributed by atoms with Crippen LogP contribution in [-0.2, 0) is 11.3 Å². The van der Waals surface area contributed by atoms with Gasteiger partial charge in [-0.1, -0.05) is 24.3 Å². The van der Waals surface area contributed by atoms with Gasteiger partial charge in [0.25, 0.3) is 5.91 Å². The van der Waals surface area contributed by atoms with Crippen molar-refractivity contribution in [3.05, 3.63) is 65.0 Å². The number of carbonyl (C=O) groups excluding carboxylic acids is 1. The molecule has 0 radical (unpaired) electrons. The second-order valence-corrected chi connectivity index (χ2v) is 6.21. The van der Waals surface area contributed by atoms with Crippen LogP contribution in [-0.4, -0.2) is 25.2 Å². The zero-order valence-electron chi connectivity index (χ0n) is 14.3. The van der Waals surface area contributed by atoms with Crippen LogP contribution in [0.25, 0.3) is 0 Å². The molecule has 1 saturated heterocycles. The van der Waals surface area contributed by atoms with Crippen molar-refractivity contribution in [2.75, 3.05) is 13.2 Å². The predicted octanol–water partition coefficient (Wildman–Crippen LogP) is 3.62. The average molecular weight is 343 g/mol. The Morgan fingerprint density at radius 3 is 2.92 bits per heavy atom. The van der Waals surface area contributed by atoms with Crippen LogP contribution in [0.4, 0.5) is 4.39 Å². The SMILES string of the molecule is Cc1ccc(CNC(=O)c2ccccc2OC[C@@H]2CCCO2)cc1F. The van der Waals surface area contributed by atoms with Gasteiger partial charge in [-0.15, -0.1) is 0 Å². The number of hydrogen-bond donors (Lipinski definition) is 1. The smallest absolute Gasteiger partial charge is 0.255 e. The Kier molecular flexibility index (Phi) is 5.66. The molecule has 0 spiro atoms. The van der Waals surface area contributed by atoms with Gasteiger partial charge in [-0.25, -0.2) is 4.39 Å². The van der Waals surface area contributed by atoms with E-state index in [0.717, 1.165) is 19.4 Å². The van der Waals surface area contributed by atoms with E-state index >= 15 is 0 Å². The van der Waals surface area contributed by atoms with Gasteiger partial charge in [-0.3, -0.25) is 4.79 Å². The maximum absolute atomic E-state index is 13.6. The Morgan fingerprint density at radius 1 is 1.32 bits per heavy atom. The molecular formula is C20H22FNO3. The van der Waals surface area contributed by atoms with Crippen molar-refractivity contribution in [1.82, 2.24) is 5.32 Å². The molecule has 0 saturated carbocycles. The number of nitrogens with one attached hydrogen (secondary N) is 1. The number of ether oxygens (including phenoxy) is 2. The minimum atomic E-state index is -0.271. The standard InChI is InChI=1S/C20H22FNO3/c1-14-8-9-15(11-18(14)21)12-22-20(23)17-6-2-3-7-19(17)25-13-16-5-4-10-24-16/h2-3,6-9,11,16H,4-5,10,12-13H2,1H3,(H,22,23)/t16-/m0/s1. The summed E-state index contributed by atoms with van der Waals surface area (Å²) < 4.78 is 24.9. The van der Waals surface area contributed by atoms with Crippen LogP contribution in [0.5, 0.6) is 5.75 Å². The van der Waals surface area contributed by atoms with Crippen molar-refractivity contribution in [2.24, 2.45) is 0 Å². The highest BCUT2D eigenvalue weighted by Gasteiger charge is 2.18. The third-order valence-corrected chi connectivity index (χ3v) is 4.27. The normalized spacial score (nSPS) is 16.6. The lowest BCUT2D eigenvalue weighted by molar-refractivity contribution is 0.0670. The van der Waals surface area contributed by atoms with Gasteiger partial charge in [-0.05, 0) is 49.1 Å². The Hall–Kier alpha value is -2.40. The Balaban J connectivity index is 1.61. The van der Waals surface area contributed by atoms with Crippen molar-refractivity contribution < 1.29 is 18.7 Å². The molecule has 0 aromatic heterocycles. The Labute approximate surface area is 147 Å². The summed E-state index contributed by atoms with van der Waals surface area (Å²) in [5, 5.41) is 2.81. The van der Waals surface area contributed by atoms with Gasteiger partial charge in [0.05, 0.1) is 11.7 Å². The van der Waals surface area contributed by atoms with E-state index in [-0.39, 0.29) is 24.4 Å². The molecule has 0 bridgehead atoms. The first kappa shape index (κ1) is 17.4. The number of carbonyl (C=O) groups is 1. The van der Waals surface area contributed by atoms with Gasteiger partial charge >= 0.3 is 0 Å². The highest BCUT2D eigenvalue weighted by Crippen LogP contribution is 2.20. The van der Waals surface area contributed by atoms with E-state index in [1.807, 2.05) is 6.07 Å². The first-order chi connectivity index (χ1) is 12.1. The molecule has 4 nitrogen and oxygen atoms in total. The quantitative estimate of drug-likeness (QED) is 0.871. The van der Waals surface area contributed by atoms with Crippen LogP contribution >= 0.6 is 0 Å². The fourth-order valence-corrected chi connectivity index (χ4v) is 2.76. The summed E-state index contributed by atoms with van der Waals surface area (Å²) in [4.78, 5) is 12.5. The molecule has 1 N–H and O–H groups in total. The van der Waals surface area contributed by atoms with Crippen molar-refractivity contribution in [3.63, 3.8) is 0 Å². The van der Waals surface area contributed by atoms with E-state index in [2.05, 4.69) is 5.32 Å². The van der Waals surface area contributed by atoms with E-state index in [0.29, 0.717) is 29.0 Å². The summed E-state index contributed by atoms with van der Waals surface area (Å²) in [6.07, 6.45) is 2.11. The molecule has 132 valence electrons. The summed E-state index contributed by atoms with van der Waals surface area (Å²) in [6.45, 7) is 3.17. The zero-order chi connectivity index (χ0) is 17.6. The lowest BCUT2D eigenvalue weighted by atomic mass is 10.1. The van der Waals surface area contributed by atoms with Crippen LogP contribution in [0.3, 0.4) is 0 Å². The molecule has 2 aromatic rings. The monoisotopic (exact) mass is 343 g/mol. The third kappa shape index (κ3) is 4.57. The molecule has 1 amide bonds. The van der Waals surface area contributed by atoms with Gasteiger partial charge in [-0.2, -0.15) is 0 Å². The van der Waals surface area contributed by atoms with Gasteiger partial charge in [0.1, 0.15) is 18.2 Å². The highest BCUT2D eigenvalue weighted by molar-refractivity contribution is 5.96. The molecule has 25 heavy (non-hydrogen) atoms. The Bertz CT molecular complexity index is 741. The van der Waals surface area contributed by atoms with Crippen LogP contribution < -0.4 is 10.1 Å². The third-order valence-electron chi connectivity index (χ3n) is 4.27. The molecule has 1 aliphatic heterocycles. The van der Waals surface area contributed by atoms with E-state index in [4.69, 9.17) is 9.47 Å². The molecule has 5 heteroatoms. The maximum atomic E-state index is 13.6. The maximum Gasteiger partial charge on any atom is 0.255 e. The Morgan fingerprint density at radius 2 is 2.16 bits per heavy atom. The molecule has 1 fully saturated rings. The summed E-state index contributed by atoms with van der Waals surface area (Å²) >= 11 is 0. The summed E-state index contributed by atoms with van der Waals surface area (Å²) in [5.41, 5.74) is 1.77. The molecule has 1 heterocycles. The van der Waals surface area contributed by atoms with Crippen molar-refractivity contribution >= 4 is 5.91 Å². The number of benzene rings is 2. The molecule has 1 atom stereocenters. The van der Waals surface area contributed by atoms with Gasteiger partial charge in [0, 0.05) is 13.2 Å². The van der Waals surface area contributed by atoms with Crippen LogP contribution in [0.1, 0.15) is 34.3 Å². The summed E-state index contributed by atoms with van der Waals surface area (Å²) in [5.74, 6) is 0.0153. The minimum absolute atomic E-state index is 0.0895. The van der Waals surface area contributed by atoms with Gasteiger partial charge < -0.3 is 14.8 Å². The van der Waals surface area contributed by atoms with Crippen LogP contribution in [0, 0.1) is 12.7 Å². The second kappa shape index (κ2) is 8.12. The van der Waals surface area contributed by atoms with E-state index < -0.39 is 0 Å². The van der Waals surface area contributed by atoms with Crippen LogP contribution in [0.15, 0.2) is 42.5 Å². The first-order valence-corrected chi connectivity index (χ1v) is 8.50. The largest absolute Gasteiger partial charge is 0.490 e. The first-order valence-electron chi connectivity index (χ1n) is 8.50. The molecule has 3 rings (SSSR count). The zero-order valence-corrected chi connectivity index (χ0v) is 14.3. The minimum Gasteiger partial charge on any atom is -0.490 e. The van der Waals surface area contributed by atoms with Crippen molar-refractivity contribution in [1.29, 1.82) is 0 Å². The number of para-hydroxylation sites is 1. The average Bonchev–Trinajstić information content (AvgIpc) is 3.14. The molecule has 1 aliphatic rings. The van der Waals surface area contributed by atoms with E-state index in [1.165, 1.54) is 6.07 Å². The van der Waals surface area contributed by atoms with E-state index in [9.17, 15) is 9.18 Å². The van der Waals surface area contributed by atoms with Crippen molar-refractivity contribution in [2.45, 2.75) is 32.4 Å². The topological polar surface area (TPSA) is 47.6 Å². The van der Waals surface area contributed by atoms with Crippen molar-refractivity contribution in [3.8, 4) is 5.75 Å². The lowest BCUT2D eigenvalue weighted by Crippen LogP contribution is -2.24. The number of halogens is 1. The summed E-state index contributed by atoms with van der Waals surface area (Å²) in [6, 6.07) is 12.1. The predicted molar refractivity (Wildman–Crippen MR) is 93.2 cm³/mol. The van der Waals surface area contributed by atoms with Crippen LogP contribution in [0.2, 0.25) is 0 Å². The molecule has 0 unspecified atom stereocenters. The lowest BCUT2D eigenvalue weighted by Gasteiger charge is -2.14. The number of rotatable bonds is 6. The molecule has 2 aromatic carbocycles. The van der Waals surface area contributed by atoms with Gasteiger partial charge in [0.2, 0.25) is 0 Å². The number of hydrogen-bond acceptors (Lipinski definition) is 3. The number of amides is 1. The number of aryl methyl sites for hydroxylation is 1. The second-order valence-electron chi connectivity index (χ2n) is 6.21. The van der Waals surface area contributed by atoms with E-state index in [1.54, 1.807) is 37.3 Å². The molecular weight excluding hydrogens is 321 g/mol. The highest BCUT2D eigenvalue weighted by atomic mass is 19.1.